The Morgan fingerprint density at radius 2 is 1.77 bits per heavy atom. The Hall–Kier alpha value is -3.32. The second-order valence-corrected chi connectivity index (χ2v) is 7.56. The van der Waals surface area contributed by atoms with Crippen molar-refractivity contribution in [3.8, 4) is 11.4 Å². The van der Waals surface area contributed by atoms with E-state index in [1.54, 1.807) is 41.1 Å². The van der Waals surface area contributed by atoms with E-state index in [-0.39, 0.29) is 0 Å². The van der Waals surface area contributed by atoms with Crippen molar-refractivity contribution >= 4 is 29.2 Å². The van der Waals surface area contributed by atoms with Crippen molar-refractivity contribution < 1.29 is 19.1 Å². The second kappa shape index (κ2) is 9.22. The molecule has 0 saturated heterocycles. The molecule has 0 radical (unpaired) electrons. The maximum absolute atomic E-state index is 12.5. The van der Waals surface area contributed by atoms with Gasteiger partial charge in [-0.15, -0.1) is 0 Å². The van der Waals surface area contributed by atoms with Gasteiger partial charge in [-0.3, -0.25) is 4.79 Å². The Morgan fingerprint density at radius 1 is 1.10 bits per heavy atom. The Labute approximate surface area is 185 Å². The quantitative estimate of drug-likeness (QED) is 0.563. The second-order valence-electron chi connectivity index (χ2n) is 7.18. The van der Waals surface area contributed by atoms with Crippen LogP contribution < -0.4 is 10.1 Å². The molecule has 31 heavy (non-hydrogen) atoms. The fourth-order valence-corrected chi connectivity index (χ4v) is 3.17. The van der Waals surface area contributed by atoms with E-state index in [4.69, 9.17) is 21.1 Å². The summed E-state index contributed by atoms with van der Waals surface area (Å²) in [5.41, 5.74) is 4.11. The van der Waals surface area contributed by atoms with Crippen molar-refractivity contribution in [2.45, 2.75) is 33.8 Å². The summed E-state index contributed by atoms with van der Waals surface area (Å²) in [5, 5.41) is 7.73. The number of carbonyl (C=O) groups excluding carboxylic acids is 2. The highest BCUT2D eigenvalue weighted by Crippen LogP contribution is 2.26. The van der Waals surface area contributed by atoms with Crippen molar-refractivity contribution in [3.63, 3.8) is 0 Å². The van der Waals surface area contributed by atoms with Gasteiger partial charge in [-0.25, -0.2) is 9.48 Å². The van der Waals surface area contributed by atoms with Crippen LogP contribution in [-0.2, 0) is 9.53 Å². The van der Waals surface area contributed by atoms with Crippen LogP contribution in [0.2, 0.25) is 5.02 Å². The van der Waals surface area contributed by atoms with Gasteiger partial charge in [0, 0.05) is 0 Å². The molecule has 1 heterocycles. The standard InChI is InChI=1S/C23H24ClN3O4/c1-13-6-11-20(30-5)19(12-13)25-22(28)16(4)31-23(29)17-7-9-18(10-8-17)27-15(3)21(24)14(2)26-27/h6-12,16H,1-5H3,(H,25,28). The molecular weight excluding hydrogens is 418 g/mol. The molecule has 1 amide bonds. The molecule has 1 N–H and O–H groups in total. The van der Waals surface area contributed by atoms with Gasteiger partial charge in [-0.2, -0.15) is 5.10 Å². The lowest BCUT2D eigenvalue weighted by molar-refractivity contribution is -0.123. The number of amides is 1. The molecule has 3 aromatic rings. The fraction of sp³-hybridized carbons (Fsp3) is 0.261. The van der Waals surface area contributed by atoms with E-state index < -0.39 is 18.0 Å². The van der Waals surface area contributed by atoms with Gasteiger partial charge in [0.25, 0.3) is 5.91 Å². The number of esters is 1. The average molecular weight is 442 g/mol. The SMILES string of the molecule is COc1ccc(C)cc1NC(=O)C(C)OC(=O)c1ccc(-n2nc(C)c(Cl)c2C)cc1. The van der Waals surface area contributed by atoms with Crippen LogP contribution >= 0.6 is 11.6 Å². The Kier molecular flexibility index (Phi) is 6.65. The van der Waals surface area contributed by atoms with Crippen LogP contribution in [-0.4, -0.2) is 34.9 Å². The molecule has 1 unspecified atom stereocenters. The summed E-state index contributed by atoms with van der Waals surface area (Å²) >= 11 is 6.20. The highest BCUT2D eigenvalue weighted by atomic mass is 35.5. The van der Waals surface area contributed by atoms with Crippen molar-refractivity contribution in [1.82, 2.24) is 9.78 Å². The summed E-state index contributed by atoms with van der Waals surface area (Å²) in [5.74, 6) is -0.528. The van der Waals surface area contributed by atoms with Crippen LogP contribution in [0.25, 0.3) is 5.69 Å². The summed E-state index contributed by atoms with van der Waals surface area (Å²) in [4.78, 5) is 25.0. The number of halogens is 1. The van der Waals surface area contributed by atoms with Crippen LogP contribution in [0.5, 0.6) is 5.75 Å². The molecule has 3 rings (SSSR count). The number of aromatic nitrogens is 2. The first-order chi connectivity index (χ1) is 14.7. The van der Waals surface area contributed by atoms with E-state index in [0.717, 1.165) is 22.6 Å². The van der Waals surface area contributed by atoms with Gasteiger partial charge in [0.1, 0.15) is 5.75 Å². The Morgan fingerprint density at radius 3 is 2.35 bits per heavy atom. The predicted molar refractivity (Wildman–Crippen MR) is 119 cm³/mol. The number of ether oxygens (including phenoxy) is 2. The predicted octanol–water partition coefficient (Wildman–Crippen LogP) is 4.64. The molecule has 2 aromatic carbocycles. The normalized spacial score (nSPS) is 11.7. The van der Waals surface area contributed by atoms with E-state index >= 15 is 0 Å². The number of anilines is 1. The average Bonchev–Trinajstić information content (AvgIpc) is 3.01. The van der Waals surface area contributed by atoms with Gasteiger partial charge in [0.15, 0.2) is 6.10 Å². The van der Waals surface area contributed by atoms with Crippen LogP contribution in [0.15, 0.2) is 42.5 Å². The van der Waals surface area contributed by atoms with Crippen LogP contribution in [0.3, 0.4) is 0 Å². The van der Waals surface area contributed by atoms with Crippen LogP contribution in [0.4, 0.5) is 5.69 Å². The van der Waals surface area contributed by atoms with Crippen molar-refractivity contribution in [2.24, 2.45) is 0 Å². The highest BCUT2D eigenvalue weighted by molar-refractivity contribution is 6.31. The minimum absolute atomic E-state index is 0.323. The van der Waals surface area contributed by atoms with Gasteiger partial charge in [0.05, 0.1) is 40.5 Å². The topological polar surface area (TPSA) is 82.5 Å². The minimum atomic E-state index is -0.993. The molecule has 7 nitrogen and oxygen atoms in total. The molecule has 1 atom stereocenters. The summed E-state index contributed by atoms with van der Waals surface area (Å²) in [6, 6.07) is 12.2. The molecule has 8 heteroatoms. The first-order valence-electron chi connectivity index (χ1n) is 9.70. The number of rotatable bonds is 6. The maximum atomic E-state index is 12.5. The van der Waals surface area contributed by atoms with Crippen molar-refractivity contribution in [1.29, 1.82) is 0 Å². The zero-order chi connectivity index (χ0) is 22.7. The van der Waals surface area contributed by atoms with Crippen LogP contribution in [0, 0.1) is 20.8 Å². The molecule has 0 aliphatic carbocycles. The summed E-state index contributed by atoms with van der Waals surface area (Å²) in [6.45, 7) is 7.12. The summed E-state index contributed by atoms with van der Waals surface area (Å²) in [6.07, 6.45) is -0.993. The number of nitrogens with zero attached hydrogens (tertiary/aromatic N) is 2. The fourth-order valence-electron chi connectivity index (χ4n) is 3.05. The van der Waals surface area contributed by atoms with Crippen LogP contribution in [0.1, 0.15) is 34.2 Å². The van der Waals surface area contributed by atoms with Gasteiger partial charge >= 0.3 is 5.97 Å². The van der Waals surface area contributed by atoms with Gasteiger partial charge in [0.2, 0.25) is 0 Å². The van der Waals surface area contributed by atoms with E-state index in [1.807, 2.05) is 26.8 Å². The number of hydrogen-bond acceptors (Lipinski definition) is 5. The lowest BCUT2D eigenvalue weighted by Gasteiger charge is -2.16. The molecule has 0 aliphatic rings. The molecule has 1 aromatic heterocycles. The minimum Gasteiger partial charge on any atom is -0.495 e. The highest BCUT2D eigenvalue weighted by Gasteiger charge is 2.20. The third kappa shape index (κ3) is 4.88. The van der Waals surface area contributed by atoms with E-state index in [2.05, 4.69) is 10.4 Å². The largest absolute Gasteiger partial charge is 0.495 e. The molecule has 162 valence electrons. The number of methoxy groups -OCH3 is 1. The number of aryl methyl sites for hydroxylation is 2. The third-order valence-corrected chi connectivity index (χ3v) is 5.36. The molecule has 0 aliphatic heterocycles. The Balaban J connectivity index is 1.67. The van der Waals surface area contributed by atoms with Gasteiger partial charge in [-0.1, -0.05) is 17.7 Å². The van der Waals surface area contributed by atoms with Crippen molar-refractivity contribution in [2.75, 3.05) is 12.4 Å². The number of hydrogen-bond donors (Lipinski definition) is 1. The maximum Gasteiger partial charge on any atom is 0.338 e. The summed E-state index contributed by atoms with van der Waals surface area (Å²) < 4.78 is 12.3. The molecule has 0 fully saturated rings. The lowest BCUT2D eigenvalue weighted by atomic mass is 10.2. The first-order valence-corrected chi connectivity index (χ1v) is 10.1. The van der Waals surface area contributed by atoms with E-state index in [9.17, 15) is 9.59 Å². The first kappa shape index (κ1) is 22.4. The number of nitrogens with one attached hydrogen (secondary N) is 1. The van der Waals surface area contributed by atoms with E-state index in [1.165, 1.54) is 14.0 Å². The monoisotopic (exact) mass is 441 g/mol. The van der Waals surface area contributed by atoms with Gasteiger partial charge < -0.3 is 14.8 Å². The van der Waals surface area contributed by atoms with E-state index in [0.29, 0.717) is 22.0 Å². The molecule has 0 bridgehead atoms. The molecule has 0 spiro atoms. The Bertz CT molecular complexity index is 1120. The molecular formula is C23H24ClN3O4. The smallest absolute Gasteiger partial charge is 0.338 e. The zero-order valence-electron chi connectivity index (χ0n) is 18.0. The zero-order valence-corrected chi connectivity index (χ0v) is 18.8. The van der Waals surface area contributed by atoms with Gasteiger partial charge in [-0.05, 0) is 69.7 Å². The number of benzene rings is 2. The molecule has 0 saturated carbocycles. The third-order valence-electron chi connectivity index (χ3n) is 4.82. The summed E-state index contributed by atoms with van der Waals surface area (Å²) in [7, 11) is 1.52. The number of carbonyl (C=O) groups is 2. The lowest BCUT2D eigenvalue weighted by Crippen LogP contribution is -2.30. The van der Waals surface area contributed by atoms with Crippen molar-refractivity contribution in [3.05, 3.63) is 70.0 Å².